The zero-order chi connectivity index (χ0) is 16.9. The van der Waals surface area contributed by atoms with E-state index in [2.05, 4.69) is 11.4 Å². The van der Waals surface area contributed by atoms with Crippen LogP contribution < -0.4 is 5.32 Å². The van der Waals surface area contributed by atoms with Gasteiger partial charge in [-0.3, -0.25) is 9.69 Å². The first-order valence-corrected chi connectivity index (χ1v) is 10.0. The van der Waals surface area contributed by atoms with Gasteiger partial charge in [-0.15, -0.1) is 11.8 Å². The van der Waals surface area contributed by atoms with Gasteiger partial charge < -0.3 is 5.32 Å². The van der Waals surface area contributed by atoms with E-state index in [1.54, 1.807) is 18.0 Å². The monoisotopic (exact) mass is 353 g/mol. The molecule has 1 aromatic rings. The normalized spacial score (nSPS) is 19.4. The van der Waals surface area contributed by atoms with Crippen LogP contribution in [0, 0.1) is 11.3 Å². The molecule has 0 unspecified atom stereocenters. The van der Waals surface area contributed by atoms with E-state index in [1.807, 2.05) is 18.2 Å². The van der Waals surface area contributed by atoms with Gasteiger partial charge in [-0.25, -0.2) is 8.42 Å². The number of rotatable bonds is 6. The van der Waals surface area contributed by atoms with Crippen molar-refractivity contribution in [2.45, 2.75) is 17.4 Å². The molecule has 1 atom stereocenters. The van der Waals surface area contributed by atoms with E-state index in [1.165, 1.54) is 11.8 Å². The summed E-state index contributed by atoms with van der Waals surface area (Å²) in [7, 11) is -1.19. The summed E-state index contributed by atoms with van der Waals surface area (Å²) in [4.78, 5) is 14.8. The molecule has 0 spiro atoms. The molecule has 1 aliphatic heterocycles. The molecule has 1 amide bonds. The van der Waals surface area contributed by atoms with Crippen LogP contribution in [0.4, 0.5) is 5.69 Å². The molecule has 1 saturated heterocycles. The first-order chi connectivity index (χ1) is 10.9. The number of hydrogen-bond acceptors (Lipinski definition) is 6. The molecule has 8 heteroatoms. The van der Waals surface area contributed by atoms with E-state index in [0.717, 1.165) is 4.90 Å². The van der Waals surface area contributed by atoms with Gasteiger partial charge >= 0.3 is 0 Å². The number of hydrogen-bond donors (Lipinski definition) is 1. The average Bonchev–Trinajstić information content (AvgIpc) is 2.86. The Bertz CT molecular complexity index is 713. The second-order valence-corrected chi connectivity index (χ2v) is 8.71. The number of anilines is 1. The Labute approximate surface area is 140 Å². The lowest BCUT2D eigenvalue weighted by Gasteiger charge is -2.22. The lowest BCUT2D eigenvalue weighted by atomic mass is 10.2. The molecule has 0 bridgehead atoms. The van der Waals surface area contributed by atoms with Gasteiger partial charge in [0.1, 0.15) is 0 Å². The van der Waals surface area contributed by atoms with Gasteiger partial charge in [0.15, 0.2) is 9.84 Å². The number of carbonyl (C=O) groups is 1. The van der Waals surface area contributed by atoms with Crippen molar-refractivity contribution in [1.82, 2.24) is 4.90 Å². The number of nitrogens with zero attached hydrogens (tertiary/aromatic N) is 2. The molecule has 0 saturated carbocycles. The van der Waals surface area contributed by atoms with E-state index < -0.39 is 9.84 Å². The summed E-state index contributed by atoms with van der Waals surface area (Å²) in [5.41, 5.74) is 0.671. The second-order valence-electron chi connectivity index (χ2n) is 5.46. The predicted molar refractivity (Wildman–Crippen MR) is 91.1 cm³/mol. The number of nitriles is 1. The molecule has 1 aromatic carbocycles. The van der Waals surface area contributed by atoms with Crippen LogP contribution in [0.1, 0.15) is 6.42 Å². The number of thioether (sulfide) groups is 1. The molecule has 6 nitrogen and oxygen atoms in total. The molecular weight excluding hydrogens is 334 g/mol. The molecular formula is C15H19N3O3S2. The fourth-order valence-electron chi connectivity index (χ4n) is 2.47. The SMILES string of the molecule is CN(CC(=O)Nc1ccccc1SCC#N)[C@H]1CCS(=O)(=O)C1. The summed E-state index contributed by atoms with van der Waals surface area (Å²) in [6.07, 6.45) is 0.570. The molecule has 124 valence electrons. The molecule has 23 heavy (non-hydrogen) atoms. The zero-order valence-corrected chi connectivity index (χ0v) is 14.5. The summed E-state index contributed by atoms with van der Waals surface area (Å²) >= 11 is 1.36. The first kappa shape index (κ1) is 17.8. The fourth-order valence-corrected chi connectivity index (χ4v) is 4.95. The van der Waals surface area contributed by atoms with Gasteiger partial charge in [0.2, 0.25) is 5.91 Å². The van der Waals surface area contributed by atoms with Crippen LogP contribution in [0.3, 0.4) is 0 Å². The minimum Gasteiger partial charge on any atom is -0.324 e. The molecule has 1 aliphatic rings. The van der Waals surface area contributed by atoms with E-state index in [-0.39, 0.29) is 30.0 Å². The molecule has 1 N–H and O–H groups in total. The molecule has 1 fully saturated rings. The largest absolute Gasteiger partial charge is 0.324 e. The van der Waals surface area contributed by atoms with Crippen LogP contribution in [0.5, 0.6) is 0 Å². The number of carbonyl (C=O) groups excluding carboxylic acids is 1. The number of sulfone groups is 1. The molecule has 2 rings (SSSR count). The number of para-hydroxylation sites is 1. The van der Waals surface area contributed by atoms with E-state index in [9.17, 15) is 13.2 Å². The quantitative estimate of drug-likeness (QED) is 0.777. The Kier molecular flexibility index (Phi) is 6.04. The van der Waals surface area contributed by atoms with Gasteiger partial charge in [-0.05, 0) is 25.6 Å². The van der Waals surface area contributed by atoms with Crippen LogP contribution in [0.2, 0.25) is 0 Å². The van der Waals surface area contributed by atoms with Gasteiger partial charge in [0.05, 0.1) is 35.6 Å². The maximum absolute atomic E-state index is 12.2. The van der Waals surface area contributed by atoms with Crippen molar-refractivity contribution >= 4 is 33.2 Å². The van der Waals surface area contributed by atoms with Crippen LogP contribution in [0.15, 0.2) is 29.2 Å². The van der Waals surface area contributed by atoms with Gasteiger partial charge in [-0.2, -0.15) is 5.26 Å². The van der Waals surface area contributed by atoms with Gasteiger partial charge in [0.25, 0.3) is 0 Å². The van der Waals surface area contributed by atoms with Gasteiger partial charge in [0, 0.05) is 10.9 Å². The Hall–Kier alpha value is -1.56. The van der Waals surface area contributed by atoms with Crippen LogP contribution in [0.25, 0.3) is 0 Å². The van der Waals surface area contributed by atoms with Crippen LogP contribution in [-0.4, -0.2) is 56.1 Å². The predicted octanol–water partition coefficient (Wildman–Crippen LogP) is 1.36. The fraction of sp³-hybridized carbons (Fsp3) is 0.467. The highest BCUT2D eigenvalue weighted by molar-refractivity contribution is 7.99. The van der Waals surface area contributed by atoms with E-state index >= 15 is 0 Å². The maximum Gasteiger partial charge on any atom is 0.238 e. The summed E-state index contributed by atoms with van der Waals surface area (Å²) in [6.45, 7) is 0.136. The standard InChI is InChI=1S/C15H19N3O3S2/c1-18(12-6-9-23(20,21)11-12)10-15(19)17-13-4-2-3-5-14(13)22-8-7-16/h2-5,12H,6,8-11H2,1H3,(H,17,19)/t12-/m0/s1. The molecule has 1 heterocycles. The number of likely N-dealkylation sites (N-methyl/N-ethyl adjacent to an activating group) is 1. The minimum atomic E-state index is -2.96. The number of amides is 1. The van der Waals surface area contributed by atoms with Crippen molar-refractivity contribution in [3.05, 3.63) is 24.3 Å². The second kappa shape index (κ2) is 7.81. The van der Waals surface area contributed by atoms with Crippen LogP contribution in [-0.2, 0) is 14.6 Å². The zero-order valence-electron chi connectivity index (χ0n) is 12.9. The summed E-state index contributed by atoms with van der Waals surface area (Å²) in [6, 6.07) is 9.27. The third kappa shape index (κ3) is 5.23. The Morgan fingerprint density at radius 3 is 2.87 bits per heavy atom. The summed E-state index contributed by atoms with van der Waals surface area (Å²) < 4.78 is 23.0. The highest BCUT2D eigenvalue weighted by atomic mass is 32.2. The number of nitrogens with one attached hydrogen (secondary N) is 1. The van der Waals surface area contributed by atoms with Crippen molar-refractivity contribution in [3.63, 3.8) is 0 Å². The average molecular weight is 353 g/mol. The summed E-state index contributed by atoms with van der Waals surface area (Å²) in [5.74, 6) is 0.428. The third-order valence-corrected chi connectivity index (χ3v) is 6.37. The van der Waals surface area contributed by atoms with Gasteiger partial charge in [-0.1, -0.05) is 12.1 Å². The highest BCUT2D eigenvalue weighted by Gasteiger charge is 2.31. The Morgan fingerprint density at radius 2 is 2.22 bits per heavy atom. The van der Waals surface area contributed by atoms with Crippen molar-refractivity contribution in [2.75, 3.05) is 36.2 Å². The van der Waals surface area contributed by atoms with E-state index in [0.29, 0.717) is 17.9 Å². The van der Waals surface area contributed by atoms with Crippen molar-refractivity contribution in [3.8, 4) is 6.07 Å². The molecule has 0 radical (unpaired) electrons. The molecule has 0 aliphatic carbocycles. The smallest absolute Gasteiger partial charge is 0.238 e. The lowest BCUT2D eigenvalue weighted by Crippen LogP contribution is -2.38. The lowest BCUT2D eigenvalue weighted by molar-refractivity contribution is -0.117. The minimum absolute atomic E-state index is 0.103. The maximum atomic E-state index is 12.2. The van der Waals surface area contributed by atoms with Crippen molar-refractivity contribution in [1.29, 1.82) is 5.26 Å². The van der Waals surface area contributed by atoms with Crippen LogP contribution >= 0.6 is 11.8 Å². The number of benzene rings is 1. The van der Waals surface area contributed by atoms with Crippen molar-refractivity contribution < 1.29 is 13.2 Å². The molecule has 0 aromatic heterocycles. The Balaban J connectivity index is 1.94. The topological polar surface area (TPSA) is 90.3 Å². The third-order valence-electron chi connectivity index (χ3n) is 3.68. The van der Waals surface area contributed by atoms with E-state index in [4.69, 9.17) is 5.26 Å². The Morgan fingerprint density at radius 1 is 1.48 bits per heavy atom. The highest BCUT2D eigenvalue weighted by Crippen LogP contribution is 2.26. The van der Waals surface area contributed by atoms with Crippen molar-refractivity contribution in [2.24, 2.45) is 0 Å². The summed E-state index contributed by atoms with van der Waals surface area (Å²) in [5, 5.41) is 11.5. The first-order valence-electron chi connectivity index (χ1n) is 7.20.